The van der Waals surface area contributed by atoms with Crippen LogP contribution < -0.4 is 10.5 Å². The average Bonchev–Trinajstić information content (AvgIpc) is 2.38. The molecule has 20 heavy (non-hydrogen) atoms. The van der Waals surface area contributed by atoms with E-state index in [1.165, 1.54) is 50.5 Å². The van der Waals surface area contributed by atoms with Crippen molar-refractivity contribution in [2.24, 2.45) is 11.7 Å². The minimum absolute atomic E-state index is 0.137. The first-order valence-corrected chi connectivity index (χ1v) is 8.69. The summed E-state index contributed by atoms with van der Waals surface area (Å²) >= 11 is 3.66. The molecule has 3 heteroatoms. The quantitative estimate of drug-likeness (QED) is 0.817. The fourth-order valence-electron chi connectivity index (χ4n) is 3.14. The summed E-state index contributed by atoms with van der Waals surface area (Å²) in [5.41, 5.74) is 7.77. The zero-order valence-corrected chi connectivity index (χ0v) is 14.0. The van der Waals surface area contributed by atoms with E-state index >= 15 is 0 Å². The Morgan fingerprint density at radius 2 is 1.85 bits per heavy atom. The average molecular weight is 340 g/mol. The van der Waals surface area contributed by atoms with Crippen LogP contribution in [0.4, 0.5) is 0 Å². The molecule has 0 aromatic heterocycles. The van der Waals surface area contributed by atoms with E-state index in [4.69, 9.17) is 10.5 Å². The molecular formula is C17H26BrNO. The molecular weight excluding hydrogens is 314 g/mol. The Balaban J connectivity index is 2.08. The Morgan fingerprint density at radius 1 is 1.20 bits per heavy atom. The molecule has 0 saturated heterocycles. The van der Waals surface area contributed by atoms with Gasteiger partial charge in [0, 0.05) is 10.5 Å². The van der Waals surface area contributed by atoms with Gasteiger partial charge in [-0.15, -0.1) is 0 Å². The number of ether oxygens (including phenoxy) is 1. The van der Waals surface area contributed by atoms with Crippen molar-refractivity contribution in [3.05, 3.63) is 28.2 Å². The molecule has 0 aliphatic heterocycles. The summed E-state index contributed by atoms with van der Waals surface area (Å²) in [6, 6.07) is 6.34. The molecule has 1 aliphatic carbocycles. The van der Waals surface area contributed by atoms with E-state index in [0.29, 0.717) is 12.5 Å². The topological polar surface area (TPSA) is 35.2 Å². The molecule has 1 fully saturated rings. The van der Waals surface area contributed by atoms with Gasteiger partial charge in [-0.2, -0.15) is 0 Å². The minimum atomic E-state index is 0.137. The summed E-state index contributed by atoms with van der Waals surface area (Å²) in [5, 5.41) is 0. The highest BCUT2D eigenvalue weighted by Crippen LogP contribution is 2.35. The van der Waals surface area contributed by atoms with Crippen molar-refractivity contribution in [1.29, 1.82) is 0 Å². The second kappa shape index (κ2) is 8.04. The molecule has 112 valence electrons. The molecule has 0 amide bonds. The van der Waals surface area contributed by atoms with Gasteiger partial charge in [0.15, 0.2) is 0 Å². The number of hydrogen-bond acceptors (Lipinski definition) is 2. The van der Waals surface area contributed by atoms with Gasteiger partial charge in [-0.1, -0.05) is 54.1 Å². The maximum atomic E-state index is 6.54. The molecule has 0 radical (unpaired) electrons. The van der Waals surface area contributed by atoms with Gasteiger partial charge >= 0.3 is 0 Å². The summed E-state index contributed by atoms with van der Waals surface area (Å²) in [6.07, 6.45) is 9.32. The first kappa shape index (κ1) is 15.8. The molecule has 2 N–H and O–H groups in total. The van der Waals surface area contributed by atoms with E-state index in [-0.39, 0.29) is 6.04 Å². The van der Waals surface area contributed by atoms with Crippen LogP contribution in [0.3, 0.4) is 0 Å². The highest BCUT2D eigenvalue weighted by Gasteiger charge is 2.22. The third-order valence-electron chi connectivity index (χ3n) is 4.30. The Kier molecular flexibility index (Phi) is 6.37. The SMILES string of the molecule is CCOc1ccc(C(N)C2CCCCCCC2)c(Br)c1. The van der Waals surface area contributed by atoms with Crippen LogP contribution in [0.5, 0.6) is 5.75 Å². The van der Waals surface area contributed by atoms with Gasteiger partial charge in [0.25, 0.3) is 0 Å². The predicted octanol–water partition coefficient (Wildman–Crippen LogP) is 5.21. The molecule has 1 saturated carbocycles. The van der Waals surface area contributed by atoms with Gasteiger partial charge in [-0.05, 0) is 43.4 Å². The molecule has 2 nitrogen and oxygen atoms in total. The van der Waals surface area contributed by atoms with Crippen LogP contribution in [-0.4, -0.2) is 6.61 Å². The molecule has 1 aliphatic rings. The van der Waals surface area contributed by atoms with Gasteiger partial charge in [0.2, 0.25) is 0 Å². The van der Waals surface area contributed by atoms with Crippen molar-refractivity contribution in [1.82, 2.24) is 0 Å². The standard InChI is InChI=1S/C17H26BrNO/c1-2-20-14-10-11-15(16(18)12-14)17(19)13-8-6-4-3-5-7-9-13/h10-13,17H,2-9,19H2,1H3. The Hall–Kier alpha value is -0.540. The molecule has 1 unspecified atom stereocenters. The minimum Gasteiger partial charge on any atom is -0.494 e. The fourth-order valence-corrected chi connectivity index (χ4v) is 3.76. The molecule has 0 spiro atoms. The zero-order chi connectivity index (χ0) is 14.4. The lowest BCUT2D eigenvalue weighted by atomic mass is 9.83. The van der Waals surface area contributed by atoms with Crippen LogP contribution in [-0.2, 0) is 0 Å². The van der Waals surface area contributed by atoms with Gasteiger partial charge in [0.05, 0.1) is 6.61 Å². The Morgan fingerprint density at radius 3 is 2.45 bits per heavy atom. The van der Waals surface area contributed by atoms with Gasteiger partial charge in [-0.25, -0.2) is 0 Å². The number of hydrogen-bond donors (Lipinski definition) is 1. The summed E-state index contributed by atoms with van der Waals surface area (Å²) < 4.78 is 6.61. The monoisotopic (exact) mass is 339 g/mol. The smallest absolute Gasteiger partial charge is 0.120 e. The number of rotatable bonds is 4. The van der Waals surface area contributed by atoms with Gasteiger partial charge in [-0.3, -0.25) is 0 Å². The van der Waals surface area contributed by atoms with Crippen LogP contribution in [0.2, 0.25) is 0 Å². The van der Waals surface area contributed by atoms with Crippen molar-refractivity contribution in [2.75, 3.05) is 6.61 Å². The third-order valence-corrected chi connectivity index (χ3v) is 4.99. The van der Waals surface area contributed by atoms with E-state index in [9.17, 15) is 0 Å². The predicted molar refractivity (Wildman–Crippen MR) is 88.0 cm³/mol. The lowest BCUT2D eigenvalue weighted by Gasteiger charge is -2.27. The zero-order valence-electron chi connectivity index (χ0n) is 12.4. The third kappa shape index (κ3) is 4.23. The van der Waals surface area contributed by atoms with Gasteiger partial charge in [0.1, 0.15) is 5.75 Å². The van der Waals surface area contributed by atoms with Crippen molar-refractivity contribution in [3.8, 4) is 5.75 Å². The molecule has 1 atom stereocenters. The molecule has 2 rings (SSSR count). The summed E-state index contributed by atoms with van der Waals surface area (Å²) in [7, 11) is 0. The van der Waals surface area contributed by atoms with E-state index in [1.54, 1.807) is 0 Å². The number of halogens is 1. The maximum Gasteiger partial charge on any atom is 0.120 e. The first-order valence-electron chi connectivity index (χ1n) is 7.90. The van der Waals surface area contributed by atoms with Crippen molar-refractivity contribution in [2.45, 2.75) is 57.9 Å². The maximum absolute atomic E-state index is 6.54. The largest absolute Gasteiger partial charge is 0.494 e. The Labute approximate surface area is 131 Å². The van der Waals surface area contributed by atoms with Crippen molar-refractivity contribution >= 4 is 15.9 Å². The van der Waals surface area contributed by atoms with Crippen LogP contribution in [0, 0.1) is 5.92 Å². The fraction of sp³-hybridized carbons (Fsp3) is 0.647. The van der Waals surface area contributed by atoms with Crippen molar-refractivity contribution in [3.63, 3.8) is 0 Å². The van der Waals surface area contributed by atoms with E-state index in [1.807, 2.05) is 19.1 Å². The van der Waals surface area contributed by atoms with Crippen LogP contribution in [0.1, 0.15) is 63.5 Å². The summed E-state index contributed by atoms with van der Waals surface area (Å²) in [5.74, 6) is 1.53. The Bertz CT molecular complexity index is 413. The van der Waals surface area contributed by atoms with E-state index in [0.717, 1.165) is 10.2 Å². The van der Waals surface area contributed by atoms with E-state index < -0.39 is 0 Å². The lowest BCUT2D eigenvalue weighted by Crippen LogP contribution is -2.22. The highest BCUT2D eigenvalue weighted by molar-refractivity contribution is 9.10. The van der Waals surface area contributed by atoms with Crippen molar-refractivity contribution < 1.29 is 4.74 Å². The highest BCUT2D eigenvalue weighted by atomic mass is 79.9. The second-order valence-electron chi connectivity index (χ2n) is 5.75. The molecule has 0 heterocycles. The second-order valence-corrected chi connectivity index (χ2v) is 6.60. The molecule has 0 bridgehead atoms. The van der Waals surface area contributed by atoms with Gasteiger partial charge < -0.3 is 10.5 Å². The van der Waals surface area contributed by atoms with Crippen LogP contribution in [0.25, 0.3) is 0 Å². The van der Waals surface area contributed by atoms with E-state index in [2.05, 4.69) is 22.0 Å². The normalized spacial score (nSPS) is 19.1. The lowest BCUT2D eigenvalue weighted by molar-refractivity contribution is 0.325. The summed E-state index contributed by atoms with van der Waals surface area (Å²) in [6.45, 7) is 2.70. The first-order chi connectivity index (χ1) is 9.72. The summed E-state index contributed by atoms with van der Waals surface area (Å²) in [4.78, 5) is 0. The van der Waals surface area contributed by atoms with Crippen LogP contribution >= 0.6 is 15.9 Å². The molecule has 1 aromatic carbocycles. The van der Waals surface area contributed by atoms with Crippen LogP contribution in [0.15, 0.2) is 22.7 Å². The number of nitrogens with two attached hydrogens (primary N) is 1. The molecule has 1 aromatic rings. The number of benzene rings is 1.